The largest absolute Gasteiger partial charge is 0.316 e. The van der Waals surface area contributed by atoms with Gasteiger partial charge in [-0.3, -0.25) is 0 Å². The number of nitrogens with zero attached hydrogens (tertiary/aromatic N) is 2. The number of hydrogen-bond acceptors (Lipinski definition) is 5. The van der Waals surface area contributed by atoms with Gasteiger partial charge in [-0.2, -0.15) is 11.8 Å². The van der Waals surface area contributed by atoms with Gasteiger partial charge in [0.25, 0.3) is 0 Å². The molecule has 1 aliphatic heterocycles. The fourth-order valence-electron chi connectivity index (χ4n) is 1.77. The van der Waals surface area contributed by atoms with Crippen molar-refractivity contribution in [2.75, 3.05) is 18.8 Å². The molecular formula is C11H19N3S2. The zero-order valence-electron chi connectivity index (χ0n) is 9.74. The molecule has 0 amide bonds. The quantitative estimate of drug-likeness (QED) is 0.795. The van der Waals surface area contributed by atoms with Crippen molar-refractivity contribution in [2.24, 2.45) is 0 Å². The van der Waals surface area contributed by atoms with Crippen LogP contribution in [0, 0.1) is 0 Å². The molecule has 0 radical (unpaired) electrons. The van der Waals surface area contributed by atoms with Gasteiger partial charge in [0.2, 0.25) is 0 Å². The minimum absolute atomic E-state index is 0.634. The molecule has 90 valence electrons. The Kier molecular flexibility index (Phi) is 5.06. The van der Waals surface area contributed by atoms with Crippen LogP contribution in [0.5, 0.6) is 0 Å². The third-order valence-electron chi connectivity index (χ3n) is 2.63. The van der Waals surface area contributed by atoms with E-state index in [2.05, 4.69) is 22.4 Å². The highest BCUT2D eigenvalue weighted by atomic mass is 32.2. The Morgan fingerprint density at radius 1 is 1.38 bits per heavy atom. The third kappa shape index (κ3) is 3.43. The summed E-state index contributed by atoms with van der Waals surface area (Å²) in [4.78, 5) is 0. The van der Waals surface area contributed by atoms with Crippen molar-refractivity contribution in [3.8, 4) is 0 Å². The fourth-order valence-corrected chi connectivity index (χ4v) is 4.11. The third-order valence-corrected chi connectivity index (χ3v) is 5.26. The maximum atomic E-state index is 4.32. The first-order valence-corrected chi connectivity index (χ1v) is 7.91. The van der Waals surface area contributed by atoms with E-state index >= 15 is 0 Å². The van der Waals surface area contributed by atoms with Crippen LogP contribution in [0.3, 0.4) is 0 Å². The van der Waals surface area contributed by atoms with Crippen molar-refractivity contribution in [1.29, 1.82) is 0 Å². The molecular weight excluding hydrogens is 238 g/mol. The summed E-state index contributed by atoms with van der Waals surface area (Å²) in [7, 11) is 0. The van der Waals surface area contributed by atoms with E-state index in [0.717, 1.165) is 19.5 Å². The number of thioether (sulfide) groups is 1. The summed E-state index contributed by atoms with van der Waals surface area (Å²) in [6.45, 7) is 4.32. The molecule has 1 aromatic heterocycles. The number of aromatic nitrogens is 2. The predicted molar refractivity (Wildman–Crippen MR) is 71.2 cm³/mol. The molecule has 1 unspecified atom stereocenters. The summed E-state index contributed by atoms with van der Waals surface area (Å²) in [6, 6.07) is 0. The normalized spacial score (nSPS) is 20.4. The molecule has 0 aromatic carbocycles. The SMILES string of the molecule is CCCNCCc1nnc(C2CCCS2)s1. The van der Waals surface area contributed by atoms with E-state index in [-0.39, 0.29) is 0 Å². The Hall–Kier alpha value is -0.130. The second-order valence-corrected chi connectivity index (χ2v) is 6.44. The highest BCUT2D eigenvalue weighted by Crippen LogP contribution is 2.40. The van der Waals surface area contributed by atoms with E-state index in [4.69, 9.17) is 0 Å². The van der Waals surface area contributed by atoms with E-state index in [1.165, 1.54) is 35.0 Å². The minimum atomic E-state index is 0.634. The Labute approximate surface area is 105 Å². The average Bonchev–Trinajstić information content (AvgIpc) is 2.94. The maximum Gasteiger partial charge on any atom is 0.130 e. The topological polar surface area (TPSA) is 37.8 Å². The number of nitrogens with one attached hydrogen (secondary N) is 1. The molecule has 3 nitrogen and oxygen atoms in total. The first kappa shape index (κ1) is 12.3. The summed E-state index contributed by atoms with van der Waals surface area (Å²) in [5.41, 5.74) is 0. The zero-order valence-corrected chi connectivity index (χ0v) is 11.4. The van der Waals surface area contributed by atoms with Crippen molar-refractivity contribution in [3.63, 3.8) is 0 Å². The van der Waals surface area contributed by atoms with Crippen molar-refractivity contribution < 1.29 is 0 Å². The molecule has 1 aromatic rings. The van der Waals surface area contributed by atoms with Gasteiger partial charge in [-0.25, -0.2) is 0 Å². The van der Waals surface area contributed by atoms with Crippen LogP contribution in [-0.4, -0.2) is 29.0 Å². The maximum absolute atomic E-state index is 4.32. The summed E-state index contributed by atoms with van der Waals surface area (Å²) < 4.78 is 0. The van der Waals surface area contributed by atoms with Gasteiger partial charge in [-0.15, -0.1) is 21.5 Å². The van der Waals surface area contributed by atoms with Crippen molar-refractivity contribution in [2.45, 2.75) is 37.9 Å². The molecule has 1 atom stereocenters. The van der Waals surface area contributed by atoms with Crippen molar-refractivity contribution in [3.05, 3.63) is 10.0 Å². The first-order chi connectivity index (χ1) is 7.90. The van der Waals surface area contributed by atoms with Crippen molar-refractivity contribution in [1.82, 2.24) is 15.5 Å². The molecule has 2 rings (SSSR count). The van der Waals surface area contributed by atoms with Gasteiger partial charge in [0.05, 0.1) is 5.25 Å². The van der Waals surface area contributed by atoms with Gasteiger partial charge >= 0.3 is 0 Å². The smallest absolute Gasteiger partial charge is 0.130 e. The van der Waals surface area contributed by atoms with Gasteiger partial charge < -0.3 is 5.32 Å². The van der Waals surface area contributed by atoms with Crippen molar-refractivity contribution >= 4 is 23.1 Å². The van der Waals surface area contributed by atoms with E-state index in [1.54, 1.807) is 11.3 Å². The van der Waals surface area contributed by atoms with Gasteiger partial charge in [-0.05, 0) is 31.6 Å². The van der Waals surface area contributed by atoms with Crippen LogP contribution >= 0.6 is 23.1 Å². The molecule has 0 saturated carbocycles. The lowest BCUT2D eigenvalue weighted by Gasteiger charge is -2.01. The van der Waals surface area contributed by atoms with Gasteiger partial charge in [0, 0.05) is 13.0 Å². The van der Waals surface area contributed by atoms with Crippen LogP contribution in [0.2, 0.25) is 0 Å². The van der Waals surface area contributed by atoms with E-state index in [1.807, 2.05) is 11.8 Å². The fraction of sp³-hybridized carbons (Fsp3) is 0.818. The van der Waals surface area contributed by atoms with E-state index in [0.29, 0.717) is 5.25 Å². The van der Waals surface area contributed by atoms with Crippen LogP contribution in [0.1, 0.15) is 41.5 Å². The van der Waals surface area contributed by atoms with E-state index < -0.39 is 0 Å². The second kappa shape index (κ2) is 6.57. The zero-order chi connectivity index (χ0) is 11.2. The van der Waals surface area contributed by atoms with Crippen LogP contribution in [0.15, 0.2) is 0 Å². The summed E-state index contributed by atoms with van der Waals surface area (Å²) in [6.07, 6.45) is 4.84. The highest BCUT2D eigenvalue weighted by Gasteiger charge is 2.21. The molecule has 1 N–H and O–H groups in total. The molecule has 0 spiro atoms. The first-order valence-electron chi connectivity index (χ1n) is 6.04. The Morgan fingerprint density at radius 3 is 3.06 bits per heavy atom. The van der Waals surface area contributed by atoms with Gasteiger partial charge in [0.15, 0.2) is 0 Å². The Balaban J connectivity index is 1.77. The predicted octanol–water partition coefficient (Wildman–Crippen LogP) is 2.65. The molecule has 1 saturated heterocycles. The molecule has 2 heterocycles. The lowest BCUT2D eigenvalue weighted by molar-refractivity contribution is 0.667. The number of hydrogen-bond donors (Lipinski definition) is 1. The second-order valence-electron chi connectivity index (χ2n) is 4.04. The minimum Gasteiger partial charge on any atom is -0.316 e. The summed E-state index contributed by atoms with van der Waals surface area (Å²) in [5, 5.41) is 15.1. The standard InChI is InChI=1S/C11H19N3S2/c1-2-6-12-7-5-10-13-14-11(16-10)9-4-3-8-15-9/h9,12H,2-8H2,1H3. The lowest BCUT2D eigenvalue weighted by Crippen LogP contribution is -2.17. The van der Waals surface area contributed by atoms with Gasteiger partial charge in [0.1, 0.15) is 10.0 Å². The average molecular weight is 257 g/mol. The number of rotatable bonds is 6. The van der Waals surface area contributed by atoms with Crippen LogP contribution in [0.25, 0.3) is 0 Å². The summed E-state index contributed by atoms with van der Waals surface area (Å²) >= 11 is 3.84. The van der Waals surface area contributed by atoms with Crippen LogP contribution in [0.4, 0.5) is 0 Å². The lowest BCUT2D eigenvalue weighted by atomic mass is 10.3. The van der Waals surface area contributed by atoms with E-state index in [9.17, 15) is 0 Å². The van der Waals surface area contributed by atoms with Crippen LogP contribution in [-0.2, 0) is 6.42 Å². The molecule has 16 heavy (non-hydrogen) atoms. The monoisotopic (exact) mass is 257 g/mol. The van der Waals surface area contributed by atoms with Gasteiger partial charge in [-0.1, -0.05) is 6.92 Å². The van der Waals surface area contributed by atoms with Crippen LogP contribution < -0.4 is 5.32 Å². The molecule has 0 bridgehead atoms. The highest BCUT2D eigenvalue weighted by molar-refractivity contribution is 7.99. The Morgan fingerprint density at radius 2 is 2.31 bits per heavy atom. The molecule has 0 aliphatic carbocycles. The Bertz CT molecular complexity index is 308. The molecule has 1 aliphatic rings. The molecule has 1 fully saturated rings. The summed E-state index contributed by atoms with van der Waals surface area (Å²) in [5.74, 6) is 1.29. The molecule has 5 heteroatoms.